The summed E-state index contributed by atoms with van der Waals surface area (Å²) >= 11 is 0. The summed E-state index contributed by atoms with van der Waals surface area (Å²) in [6, 6.07) is 9.72. The van der Waals surface area contributed by atoms with Gasteiger partial charge >= 0.3 is 12.0 Å². The third-order valence-electron chi connectivity index (χ3n) is 3.44. The van der Waals surface area contributed by atoms with Crippen molar-refractivity contribution in [1.82, 2.24) is 10.6 Å². The molecule has 0 saturated carbocycles. The highest BCUT2D eigenvalue weighted by Gasteiger charge is 2.15. The van der Waals surface area contributed by atoms with Crippen LogP contribution in [0, 0.1) is 5.92 Å². The molecule has 0 spiro atoms. The third-order valence-corrected chi connectivity index (χ3v) is 3.44. The number of amides is 3. The van der Waals surface area contributed by atoms with E-state index >= 15 is 0 Å². The summed E-state index contributed by atoms with van der Waals surface area (Å²) in [5, 5.41) is 7.73. The van der Waals surface area contributed by atoms with Crippen LogP contribution in [0.4, 0.5) is 10.5 Å². The van der Waals surface area contributed by atoms with Gasteiger partial charge in [-0.25, -0.2) is 9.59 Å². The molecular formula is C19H23N3O5. The Hall–Kier alpha value is -3.29. The summed E-state index contributed by atoms with van der Waals surface area (Å²) in [6.07, 6.45) is 1.56. The topological polar surface area (TPSA) is 110 Å². The van der Waals surface area contributed by atoms with E-state index in [1.54, 1.807) is 36.6 Å². The number of carbonyl (C=O) groups excluding carboxylic acids is 3. The minimum Gasteiger partial charge on any atom is -0.467 e. The first-order valence-electron chi connectivity index (χ1n) is 8.55. The molecule has 8 heteroatoms. The van der Waals surface area contributed by atoms with Crippen LogP contribution in [0.1, 0.15) is 30.0 Å². The van der Waals surface area contributed by atoms with Crippen LogP contribution in [0.25, 0.3) is 0 Å². The van der Waals surface area contributed by atoms with E-state index in [1.165, 1.54) is 0 Å². The first-order valence-corrected chi connectivity index (χ1v) is 8.55. The molecule has 1 aromatic heterocycles. The lowest BCUT2D eigenvalue weighted by atomic mass is 10.2. The molecule has 27 heavy (non-hydrogen) atoms. The zero-order valence-electron chi connectivity index (χ0n) is 15.3. The number of anilines is 1. The molecule has 2 aromatic rings. The summed E-state index contributed by atoms with van der Waals surface area (Å²) in [5.74, 6) is -0.403. The summed E-state index contributed by atoms with van der Waals surface area (Å²) in [7, 11) is 0. The van der Waals surface area contributed by atoms with Gasteiger partial charge in [-0.3, -0.25) is 10.1 Å². The van der Waals surface area contributed by atoms with Crippen LogP contribution in [0.2, 0.25) is 0 Å². The number of para-hydroxylation sites is 1. The first-order chi connectivity index (χ1) is 13.0. The normalized spacial score (nSPS) is 10.3. The maximum atomic E-state index is 12.3. The maximum absolute atomic E-state index is 12.3. The smallest absolute Gasteiger partial charge is 0.340 e. The van der Waals surface area contributed by atoms with Gasteiger partial charge in [0.15, 0.2) is 6.61 Å². The van der Waals surface area contributed by atoms with Crippen molar-refractivity contribution >= 4 is 23.6 Å². The Morgan fingerprint density at radius 1 is 1.11 bits per heavy atom. The van der Waals surface area contributed by atoms with Gasteiger partial charge in [-0.05, 0) is 30.2 Å². The van der Waals surface area contributed by atoms with Gasteiger partial charge in [0.05, 0.1) is 18.4 Å². The molecule has 3 amide bonds. The predicted molar refractivity (Wildman–Crippen MR) is 99.1 cm³/mol. The average Bonchev–Trinajstić information content (AvgIpc) is 3.16. The van der Waals surface area contributed by atoms with Crippen LogP contribution in [0.15, 0.2) is 47.1 Å². The first kappa shape index (κ1) is 20.0. The molecule has 0 aliphatic heterocycles. The van der Waals surface area contributed by atoms with Crippen LogP contribution in [0.5, 0.6) is 0 Å². The second kappa shape index (κ2) is 10.0. The van der Waals surface area contributed by atoms with Crippen molar-refractivity contribution in [2.24, 2.45) is 5.92 Å². The second-order valence-electron chi connectivity index (χ2n) is 6.21. The van der Waals surface area contributed by atoms with E-state index in [0.717, 1.165) is 0 Å². The molecule has 0 unspecified atom stereocenters. The number of nitrogens with one attached hydrogen (secondary N) is 3. The molecular weight excluding hydrogens is 350 g/mol. The lowest BCUT2D eigenvalue weighted by molar-refractivity contribution is -0.123. The van der Waals surface area contributed by atoms with Crippen LogP contribution >= 0.6 is 0 Å². The molecule has 1 aromatic carbocycles. The van der Waals surface area contributed by atoms with Crippen molar-refractivity contribution in [2.75, 3.05) is 18.5 Å². The highest BCUT2D eigenvalue weighted by Crippen LogP contribution is 2.17. The Kier molecular flexibility index (Phi) is 7.42. The van der Waals surface area contributed by atoms with Crippen molar-refractivity contribution in [3.8, 4) is 0 Å². The van der Waals surface area contributed by atoms with Crippen molar-refractivity contribution in [1.29, 1.82) is 0 Å². The Labute approximate surface area is 157 Å². The zero-order chi connectivity index (χ0) is 19.6. The van der Waals surface area contributed by atoms with E-state index in [9.17, 15) is 14.4 Å². The minimum atomic E-state index is -0.703. The van der Waals surface area contributed by atoms with Gasteiger partial charge in [-0.1, -0.05) is 26.0 Å². The summed E-state index contributed by atoms with van der Waals surface area (Å²) in [4.78, 5) is 35.5. The number of hydrogen-bond donors (Lipinski definition) is 3. The summed E-state index contributed by atoms with van der Waals surface area (Å²) in [5.41, 5.74) is 0.829. The molecule has 0 aliphatic rings. The monoisotopic (exact) mass is 373 g/mol. The fourth-order valence-electron chi connectivity index (χ4n) is 2.12. The molecule has 0 aliphatic carbocycles. The maximum Gasteiger partial charge on any atom is 0.340 e. The van der Waals surface area contributed by atoms with Gasteiger partial charge < -0.3 is 19.8 Å². The van der Waals surface area contributed by atoms with Gasteiger partial charge in [-0.15, -0.1) is 0 Å². The summed E-state index contributed by atoms with van der Waals surface area (Å²) in [6.45, 7) is 4.14. The van der Waals surface area contributed by atoms with Crippen molar-refractivity contribution < 1.29 is 23.5 Å². The highest BCUT2D eigenvalue weighted by atomic mass is 16.5. The van der Waals surface area contributed by atoms with Crippen molar-refractivity contribution in [3.05, 3.63) is 54.0 Å². The van der Waals surface area contributed by atoms with E-state index in [1.807, 2.05) is 19.9 Å². The summed E-state index contributed by atoms with van der Waals surface area (Å²) < 4.78 is 10.2. The number of carbonyl (C=O) groups is 3. The van der Waals surface area contributed by atoms with E-state index in [2.05, 4.69) is 16.0 Å². The van der Waals surface area contributed by atoms with Crippen LogP contribution in [0.3, 0.4) is 0 Å². The molecule has 0 fully saturated rings. The number of esters is 1. The number of imide groups is 1. The molecule has 3 N–H and O–H groups in total. The van der Waals surface area contributed by atoms with Crippen LogP contribution in [-0.4, -0.2) is 31.1 Å². The SMILES string of the molecule is CC(C)CNC(=O)NC(=O)COC(=O)c1ccccc1NCc1ccco1. The molecule has 0 radical (unpaired) electrons. The highest BCUT2D eigenvalue weighted by molar-refractivity contribution is 5.99. The van der Waals surface area contributed by atoms with Gasteiger partial charge in [0.25, 0.3) is 5.91 Å². The molecule has 0 saturated heterocycles. The molecule has 0 bridgehead atoms. The Bertz CT molecular complexity index is 771. The molecule has 8 nitrogen and oxygen atoms in total. The quantitative estimate of drug-likeness (QED) is 0.614. The van der Waals surface area contributed by atoms with E-state index in [4.69, 9.17) is 9.15 Å². The lowest BCUT2D eigenvalue weighted by Gasteiger charge is -2.11. The number of ether oxygens (including phenoxy) is 1. The third kappa shape index (κ3) is 6.85. The average molecular weight is 373 g/mol. The molecule has 2 rings (SSSR count). The minimum absolute atomic E-state index is 0.258. The van der Waals surface area contributed by atoms with E-state index in [-0.39, 0.29) is 11.5 Å². The Morgan fingerprint density at radius 3 is 2.59 bits per heavy atom. The fourth-order valence-corrected chi connectivity index (χ4v) is 2.12. The van der Waals surface area contributed by atoms with Crippen LogP contribution < -0.4 is 16.0 Å². The lowest BCUT2D eigenvalue weighted by Crippen LogP contribution is -2.42. The Morgan fingerprint density at radius 2 is 1.89 bits per heavy atom. The zero-order valence-corrected chi connectivity index (χ0v) is 15.3. The molecule has 1 heterocycles. The largest absolute Gasteiger partial charge is 0.467 e. The van der Waals surface area contributed by atoms with Gasteiger partial charge in [0.2, 0.25) is 0 Å². The van der Waals surface area contributed by atoms with E-state index in [0.29, 0.717) is 24.5 Å². The predicted octanol–water partition coefficient (Wildman–Crippen LogP) is 2.53. The number of rotatable bonds is 8. The standard InChI is InChI=1S/C19H23N3O5/c1-13(2)10-21-19(25)22-17(23)12-27-18(24)15-7-3-4-8-16(15)20-11-14-6-5-9-26-14/h3-9,13,20H,10-12H2,1-2H3,(H2,21,22,23,25). The van der Waals surface area contributed by atoms with Crippen LogP contribution in [-0.2, 0) is 16.1 Å². The second-order valence-corrected chi connectivity index (χ2v) is 6.21. The van der Waals surface area contributed by atoms with Crippen molar-refractivity contribution in [2.45, 2.75) is 20.4 Å². The van der Waals surface area contributed by atoms with Gasteiger partial charge in [0.1, 0.15) is 5.76 Å². The number of benzene rings is 1. The Balaban J connectivity index is 1.84. The number of urea groups is 1. The number of furan rings is 1. The molecule has 0 atom stereocenters. The van der Waals surface area contributed by atoms with E-state index < -0.39 is 24.5 Å². The van der Waals surface area contributed by atoms with Gasteiger partial charge in [0, 0.05) is 12.2 Å². The fraction of sp³-hybridized carbons (Fsp3) is 0.316. The van der Waals surface area contributed by atoms with Gasteiger partial charge in [-0.2, -0.15) is 0 Å². The van der Waals surface area contributed by atoms with Crippen molar-refractivity contribution in [3.63, 3.8) is 0 Å². The molecule has 144 valence electrons. The number of hydrogen-bond acceptors (Lipinski definition) is 6.